The fraction of sp³-hybridized carbons (Fsp3) is 0.533. The lowest BCUT2D eigenvalue weighted by atomic mass is 10.1. The Hall–Kier alpha value is -1.26. The first kappa shape index (κ1) is 15.1. The van der Waals surface area contributed by atoms with E-state index < -0.39 is 0 Å². The molecule has 1 saturated heterocycles. The fourth-order valence-corrected chi connectivity index (χ4v) is 2.56. The van der Waals surface area contributed by atoms with Crippen molar-refractivity contribution in [1.29, 1.82) is 0 Å². The van der Waals surface area contributed by atoms with E-state index in [1.807, 2.05) is 11.8 Å². The van der Waals surface area contributed by atoms with Crippen molar-refractivity contribution in [1.82, 2.24) is 4.90 Å². The highest BCUT2D eigenvalue weighted by molar-refractivity contribution is 6.31. The van der Waals surface area contributed by atoms with Gasteiger partial charge in [0.15, 0.2) is 0 Å². The summed E-state index contributed by atoms with van der Waals surface area (Å²) in [5.74, 6) is 0.991. The lowest BCUT2D eigenvalue weighted by molar-refractivity contribution is 0.0783. The van der Waals surface area contributed by atoms with Gasteiger partial charge in [-0.1, -0.05) is 18.5 Å². The van der Waals surface area contributed by atoms with Crippen LogP contribution in [0.4, 0.5) is 0 Å². The van der Waals surface area contributed by atoms with Crippen molar-refractivity contribution in [3.05, 3.63) is 28.8 Å². The smallest absolute Gasteiger partial charge is 0.257 e. The molecule has 0 spiro atoms. The van der Waals surface area contributed by atoms with Crippen LogP contribution in [0.2, 0.25) is 5.02 Å². The molecule has 0 saturated carbocycles. The van der Waals surface area contributed by atoms with E-state index in [-0.39, 0.29) is 5.91 Å². The summed E-state index contributed by atoms with van der Waals surface area (Å²) < 4.78 is 5.64. The maximum Gasteiger partial charge on any atom is 0.257 e. The van der Waals surface area contributed by atoms with Gasteiger partial charge in [-0.05, 0) is 43.5 Å². The Morgan fingerprint density at radius 2 is 2.35 bits per heavy atom. The summed E-state index contributed by atoms with van der Waals surface area (Å²) in [6.07, 6.45) is 1.86. The van der Waals surface area contributed by atoms with Crippen LogP contribution in [0.15, 0.2) is 18.2 Å². The molecule has 1 aliphatic heterocycles. The van der Waals surface area contributed by atoms with Crippen molar-refractivity contribution in [2.45, 2.75) is 19.8 Å². The van der Waals surface area contributed by atoms with Crippen LogP contribution in [0.5, 0.6) is 5.75 Å². The van der Waals surface area contributed by atoms with Crippen LogP contribution in [0.25, 0.3) is 0 Å². The van der Waals surface area contributed by atoms with Crippen LogP contribution < -0.4 is 10.5 Å². The zero-order chi connectivity index (χ0) is 14.5. The van der Waals surface area contributed by atoms with E-state index in [1.54, 1.807) is 18.2 Å². The van der Waals surface area contributed by atoms with Crippen molar-refractivity contribution in [2.24, 2.45) is 11.7 Å². The Kier molecular flexibility index (Phi) is 5.26. The largest absolute Gasteiger partial charge is 0.493 e. The van der Waals surface area contributed by atoms with E-state index >= 15 is 0 Å². The second-order valence-electron chi connectivity index (χ2n) is 5.13. The van der Waals surface area contributed by atoms with Gasteiger partial charge >= 0.3 is 0 Å². The van der Waals surface area contributed by atoms with Gasteiger partial charge in [-0.2, -0.15) is 0 Å². The Morgan fingerprint density at radius 3 is 3.00 bits per heavy atom. The predicted molar refractivity (Wildman–Crippen MR) is 80.3 cm³/mol. The van der Waals surface area contributed by atoms with Gasteiger partial charge in [0.05, 0.1) is 12.2 Å². The molecule has 1 amide bonds. The standard InChI is InChI=1S/C15H21ClN2O2/c1-2-7-20-14-4-3-12(16)8-13(14)15(19)18-6-5-11(9-17)10-18/h3-4,8,11H,2,5-7,9-10,17H2,1H3/t11-/m0/s1. The van der Waals surface area contributed by atoms with E-state index in [0.29, 0.717) is 35.4 Å². The zero-order valence-electron chi connectivity index (χ0n) is 11.8. The summed E-state index contributed by atoms with van der Waals surface area (Å²) in [4.78, 5) is 14.4. The Bertz CT molecular complexity index is 479. The van der Waals surface area contributed by atoms with Gasteiger partial charge in [0, 0.05) is 18.1 Å². The van der Waals surface area contributed by atoms with Gasteiger partial charge < -0.3 is 15.4 Å². The van der Waals surface area contributed by atoms with Crippen molar-refractivity contribution in [2.75, 3.05) is 26.2 Å². The fourth-order valence-electron chi connectivity index (χ4n) is 2.39. The van der Waals surface area contributed by atoms with E-state index in [2.05, 4.69) is 0 Å². The second kappa shape index (κ2) is 6.95. The van der Waals surface area contributed by atoms with Crippen molar-refractivity contribution in [3.63, 3.8) is 0 Å². The predicted octanol–water partition coefficient (Wildman–Crippen LogP) is 2.55. The van der Waals surface area contributed by atoms with Gasteiger partial charge in [-0.15, -0.1) is 0 Å². The molecule has 1 aromatic carbocycles. The first-order valence-corrected chi connectivity index (χ1v) is 7.45. The number of amides is 1. The Labute approximate surface area is 124 Å². The highest BCUT2D eigenvalue weighted by Gasteiger charge is 2.27. The number of hydrogen-bond acceptors (Lipinski definition) is 3. The van der Waals surface area contributed by atoms with Crippen molar-refractivity contribution < 1.29 is 9.53 Å². The molecule has 5 heteroatoms. The average molecular weight is 297 g/mol. The number of nitrogens with two attached hydrogens (primary N) is 1. The van der Waals surface area contributed by atoms with Gasteiger partial charge in [0.25, 0.3) is 5.91 Å². The summed E-state index contributed by atoms with van der Waals surface area (Å²) in [7, 11) is 0. The molecular formula is C15H21ClN2O2. The normalized spacial score (nSPS) is 18.4. The van der Waals surface area contributed by atoms with Crippen LogP contribution >= 0.6 is 11.6 Å². The van der Waals surface area contributed by atoms with Crippen LogP contribution in [0, 0.1) is 5.92 Å². The second-order valence-corrected chi connectivity index (χ2v) is 5.57. The first-order chi connectivity index (χ1) is 9.65. The number of hydrogen-bond donors (Lipinski definition) is 1. The molecule has 1 fully saturated rings. The SMILES string of the molecule is CCCOc1ccc(Cl)cc1C(=O)N1CC[C@@H](CN)C1. The lowest BCUT2D eigenvalue weighted by Crippen LogP contribution is -2.30. The number of rotatable bonds is 5. The minimum Gasteiger partial charge on any atom is -0.493 e. The molecule has 1 heterocycles. The average Bonchev–Trinajstić information content (AvgIpc) is 2.94. The van der Waals surface area contributed by atoms with E-state index in [4.69, 9.17) is 22.1 Å². The molecule has 0 bridgehead atoms. The molecule has 0 radical (unpaired) electrons. The monoisotopic (exact) mass is 296 g/mol. The summed E-state index contributed by atoms with van der Waals surface area (Å²) in [6, 6.07) is 5.20. The van der Waals surface area contributed by atoms with Gasteiger partial charge in [0.1, 0.15) is 5.75 Å². The minimum atomic E-state index is -0.0189. The Balaban J connectivity index is 2.17. The quantitative estimate of drug-likeness (QED) is 0.908. The molecule has 1 atom stereocenters. The van der Waals surface area contributed by atoms with Crippen LogP contribution in [-0.2, 0) is 0 Å². The number of carbonyl (C=O) groups excluding carboxylic acids is 1. The molecule has 4 nitrogen and oxygen atoms in total. The third kappa shape index (κ3) is 3.44. The maximum atomic E-state index is 12.6. The van der Waals surface area contributed by atoms with Gasteiger partial charge in [0.2, 0.25) is 0 Å². The Morgan fingerprint density at radius 1 is 1.55 bits per heavy atom. The van der Waals surface area contributed by atoms with E-state index in [1.165, 1.54) is 0 Å². The lowest BCUT2D eigenvalue weighted by Gasteiger charge is -2.18. The van der Waals surface area contributed by atoms with E-state index in [0.717, 1.165) is 25.9 Å². The number of likely N-dealkylation sites (tertiary alicyclic amines) is 1. The minimum absolute atomic E-state index is 0.0189. The van der Waals surface area contributed by atoms with Crippen LogP contribution in [0.3, 0.4) is 0 Å². The highest BCUT2D eigenvalue weighted by Crippen LogP contribution is 2.27. The third-order valence-electron chi connectivity index (χ3n) is 3.54. The molecule has 0 aromatic heterocycles. The summed E-state index contributed by atoms with van der Waals surface area (Å²) >= 11 is 6.01. The number of ether oxygens (including phenoxy) is 1. The molecule has 2 N–H and O–H groups in total. The first-order valence-electron chi connectivity index (χ1n) is 7.07. The number of benzene rings is 1. The van der Waals surface area contributed by atoms with Crippen molar-refractivity contribution >= 4 is 17.5 Å². The molecule has 1 aromatic rings. The molecule has 110 valence electrons. The molecular weight excluding hydrogens is 276 g/mol. The zero-order valence-corrected chi connectivity index (χ0v) is 12.5. The molecule has 0 aliphatic carbocycles. The summed E-state index contributed by atoms with van der Waals surface area (Å²) in [6.45, 7) is 4.71. The van der Waals surface area contributed by atoms with Gasteiger partial charge in [-0.3, -0.25) is 4.79 Å². The molecule has 2 rings (SSSR count). The van der Waals surface area contributed by atoms with Crippen LogP contribution in [0.1, 0.15) is 30.1 Å². The number of nitrogens with zero attached hydrogens (tertiary/aromatic N) is 1. The summed E-state index contributed by atoms with van der Waals surface area (Å²) in [5, 5.41) is 0.548. The molecule has 1 aliphatic rings. The maximum absolute atomic E-state index is 12.6. The number of halogens is 1. The number of carbonyl (C=O) groups is 1. The molecule has 20 heavy (non-hydrogen) atoms. The highest BCUT2D eigenvalue weighted by atomic mass is 35.5. The summed E-state index contributed by atoms with van der Waals surface area (Å²) in [5.41, 5.74) is 6.22. The third-order valence-corrected chi connectivity index (χ3v) is 3.78. The van der Waals surface area contributed by atoms with E-state index in [9.17, 15) is 4.79 Å². The van der Waals surface area contributed by atoms with Crippen LogP contribution in [-0.4, -0.2) is 37.0 Å². The van der Waals surface area contributed by atoms with Crippen molar-refractivity contribution in [3.8, 4) is 5.75 Å². The topological polar surface area (TPSA) is 55.6 Å². The molecule has 0 unspecified atom stereocenters. The van der Waals surface area contributed by atoms with Gasteiger partial charge in [-0.25, -0.2) is 0 Å².